The highest BCUT2D eigenvalue weighted by molar-refractivity contribution is 6.34. The summed E-state index contributed by atoms with van der Waals surface area (Å²) in [4.78, 5) is 26.8. The number of imidazole rings is 1. The Labute approximate surface area is 198 Å². The summed E-state index contributed by atoms with van der Waals surface area (Å²) in [6.07, 6.45) is 7.20. The first-order chi connectivity index (χ1) is 16.1. The van der Waals surface area contributed by atoms with E-state index in [1.54, 1.807) is 12.4 Å². The van der Waals surface area contributed by atoms with E-state index in [4.69, 9.17) is 21.1 Å². The summed E-state index contributed by atoms with van der Waals surface area (Å²) in [6, 6.07) is 5.44. The van der Waals surface area contributed by atoms with Crippen LogP contribution in [0.4, 0.5) is 0 Å². The van der Waals surface area contributed by atoms with Crippen molar-refractivity contribution in [1.82, 2.24) is 29.5 Å². The molecule has 4 heterocycles. The van der Waals surface area contributed by atoms with Crippen molar-refractivity contribution in [3.05, 3.63) is 46.7 Å². The van der Waals surface area contributed by atoms with Gasteiger partial charge in [-0.05, 0) is 44.5 Å². The monoisotopic (exact) mass is 468 g/mol. The SMILES string of the molecule is CCCCN(CCCC)Cc1nc(-c2ncn3c2[C@@H]2CCN2C(=O)c2c(Cl)cccc2-3)no1. The molecule has 1 atom stereocenters. The molecule has 5 rings (SSSR count). The summed E-state index contributed by atoms with van der Waals surface area (Å²) < 4.78 is 7.60. The van der Waals surface area contributed by atoms with Crippen LogP contribution in [0.2, 0.25) is 5.02 Å². The van der Waals surface area contributed by atoms with Crippen molar-refractivity contribution in [2.24, 2.45) is 0 Å². The van der Waals surface area contributed by atoms with Gasteiger partial charge in [0.2, 0.25) is 11.7 Å². The summed E-state index contributed by atoms with van der Waals surface area (Å²) >= 11 is 6.44. The maximum atomic E-state index is 13.2. The van der Waals surface area contributed by atoms with Crippen molar-refractivity contribution in [2.45, 2.75) is 58.5 Å². The van der Waals surface area contributed by atoms with Crippen LogP contribution in [0.25, 0.3) is 17.2 Å². The number of rotatable bonds is 9. The van der Waals surface area contributed by atoms with E-state index in [9.17, 15) is 4.79 Å². The van der Waals surface area contributed by atoms with Gasteiger partial charge in [0.05, 0.1) is 34.6 Å². The van der Waals surface area contributed by atoms with Crippen molar-refractivity contribution in [3.8, 4) is 17.2 Å². The predicted octanol–water partition coefficient (Wildman–Crippen LogP) is 4.88. The second kappa shape index (κ2) is 9.27. The second-order valence-electron chi connectivity index (χ2n) is 8.78. The molecule has 0 saturated carbocycles. The van der Waals surface area contributed by atoms with Crippen molar-refractivity contribution < 1.29 is 9.32 Å². The van der Waals surface area contributed by atoms with E-state index in [1.807, 2.05) is 21.6 Å². The van der Waals surface area contributed by atoms with Gasteiger partial charge in [-0.2, -0.15) is 4.98 Å². The van der Waals surface area contributed by atoms with Gasteiger partial charge in [0.1, 0.15) is 12.0 Å². The van der Waals surface area contributed by atoms with Crippen LogP contribution in [0.5, 0.6) is 0 Å². The zero-order valence-electron chi connectivity index (χ0n) is 19.1. The molecule has 1 fully saturated rings. The number of hydrogen-bond donors (Lipinski definition) is 0. The van der Waals surface area contributed by atoms with Gasteiger partial charge in [-0.3, -0.25) is 14.3 Å². The molecule has 2 aromatic heterocycles. The largest absolute Gasteiger partial charge is 0.337 e. The highest BCUT2D eigenvalue weighted by Gasteiger charge is 2.43. The Morgan fingerprint density at radius 2 is 2.00 bits per heavy atom. The van der Waals surface area contributed by atoms with E-state index in [-0.39, 0.29) is 11.9 Å². The first kappa shape index (κ1) is 22.1. The Morgan fingerprint density at radius 3 is 2.70 bits per heavy atom. The van der Waals surface area contributed by atoms with E-state index >= 15 is 0 Å². The highest BCUT2D eigenvalue weighted by atomic mass is 35.5. The van der Waals surface area contributed by atoms with E-state index in [1.165, 1.54) is 0 Å². The molecule has 0 spiro atoms. The lowest BCUT2D eigenvalue weighted by atomic mass is 9.97. The fraction of sp³-hybridized carbons (Fsp3) is 0.500. The zero-order valence-corrected chi connectivity index (χ0v) is 19.9. The lowest BCUT2D eigenvalue weighted by molar-refractivity contribution is 0.0461. The molecule has 3 aromatic rings. The molecule has 33 heavy (non-hydrogen) atoms. The molecule has 174 valence electrons. The third-order valence-corrected chi connectivity index (χ3v) is 6.88. The quantitative estimate of drug-likeness (QED) is 0.445. The summed E-state index contributed by atoms with van der Waals surface area (Å²) in [5, 5.41) is 4.72. The van der Waals surface area contributed by atoms with Gasteiger partial charge >= 0.3 is 0 Å². The number of halogens is 1. The number of carbonyl (C=O) groups excluding carboxylic acids is 1. The van der Waals surface area contributed by atoms with Crippen LogP contribution >= 0.6 is 11.6 Å². The van der Waals surface area contributed by atoms with E-state index in [0.717, 1.165) is 56.6 Å². The zero-order chi connectivity index (χ0) is 22.9. The molecule has 0 radical (unpaired) electrons. The first-order valence-electron chi connectivity index (χ1n) is 11.8. The van der Waals surface area contributed by atoms with Crippen LogP contribution in [0, 0.1) is 0 Å². The second-order valence-corrected chi connectivity index (χ2v) is 9.19. The summed E-state index contributed by atoms with van der Waals surface area (Å²) in [5.74, 6) is 1.02. The fourth-order valence-corrected chi connectivity index (χ4v) is 4.91. The first-order valence-corrected chi connectivity index (χ1v) is 12.2. The molecule has 1 saturated heterocycles. The van der Waals surface area contributed by atoms with Gasteiger partial charge in [-0.15, -0.1) is 0 Å². The molecule has 0 bridgehead atoms. The lowest BCUT2D eigenvalue weighted by Crippen LogP contribution is -2.44. The van der Waals surface area contributed by atoms with Gasteiger partial charge in [0, 0.05) is 6.54 Å². The molecule has 0 N–H and O–H groups in total. The summed E-state index contributed by atoms with van der Waals surface area (Å²) in [6.45, 7) is 7.77. The molecule has 0 aliphatic carbocycles. The molecule has 0 unspecified atom stereocenters. The van der Waals surface area contributed by atoms with Gasteiger partial charge in [-0.1, -0.05) is 49.5 Å². The Morgan fingerprint density at radius 1 is 1.21 bits per heavy atom. The fourth-order valence-electron chi connectivity index (χ4n) is 4.66. The number of carbonyl (C=O) groups is 1. The van der Waals surface area contributed by atoms with Crippen molar-refractivity contribution in [2.75, 3.05) is 19.6 Å². The molecule has 1 aromatic carbocycles. The average Bonchev–Trinajstić information content (AvgIpc) is 3.40. The molecule has 8 nitrogen and oxygen atoms in total. The number of hydrogen-bond acceptors (Lipinski definition) is 6. The standard InChI is InChI=1S/C24H29ClN6O2/c1-3-5-11-29(12-6-4-2)14-19-27-23(28-33-19)21-22-18-10-13-30(18)24(32)20-16(25)8-7-9-17(20)31(22)15-26-21/h7-9,15,18H,3-6,10-14H2,1-2H3/t18-/m0/s1. The number of aromatic nitrogens is 4. The van der Waals surface area contributed by atoms with Crippen LogP contribution in [0.3, 0.4) is 0 Å². The van der Waals surface area contributed by atoms with E-state index in [2.05, 4.69) is 28.9 Å². The third-order valence-electron chi connectivity index (χ3n) is 6.56. The van der Waals surface area contributed by atoms with Crippen LogP contribution in [0.15, 0.2) is 29.0 Å². The Hall–Kier alpha value is -2.71. The average molecular weight is 469 g/mol. The number of nitrogens with zero attached hydrogens (tertiary/aromatic N) is 6. The van der Waals surface area contributed by atoms with Crippen LogP contribution in [-0.2, 0) is 6.54 Å². The van der Waals surface area contributed by atoms with Gasteiger partial charge in [0.25, 0.3) is 5.91 Å². The number of fused-ring (bicyclic) bond motifs is 5. The minimum absolute atomic E-state index is 0.0437. The highest BCUT2D eigenvalue weighted by Crippen LogP contribution is 2.44. The minimum atomic E-state index is -0.0778. The number of unbranched alkanes of at least 4 members (excludes halogenated alkanes) is 2. The smallest absolute Gasteiger partial charge is 0.258 e. The van der Waals surface area contributed by atoms with Crippen molar-refractivity contribution in [3.63, 3.8) is 0 Å². The molecule has 1 amide bonds. The van der Waals surface area contributed by atoms with Crippen molar-refractivity contribution >= 4 is 17.5 Å². The molecular weight excluding hydrogens is 440 g/mol. The third kappa shape index (κ3) is 3.95. The Balaban J connectivity index is 1.48. The Bertz CT molecular complexity index is 1150. The molecule has 2 aliphatic rings. The van der Waals surface area contributed by atoms with Crippen LogP contribution < -0.4 is 0 Å². The number of amides is 1. The van der Waals surface area contributed by atoms with Gasteiger partial charge in [-0.25, -0.2) is 4.98 Å². The molecule has 2 aliphatic heterocycles. The predicted molar refractivity (Wildman–Crippen MR) is 125 cm³/mol. The summed E-state index contributed by atoms with van der Waals surface area (Å²) in [5.41, 5.74) is 2.83. The normalized spacial score (nSPS) is 16.9. The molecule has 9 heteroatoms. The van der Waals surface area contributed by atoms with Crippen LogP contribution in [-0.4, -0.2) is 55.0 Å². The summed E-state index contributed by atoms with van der Waals surface area (Å²) in [7, 11) is 0. The van der Waals surface area contributed by atoms with Crippen LogP contribution in [0.1, 0.15) is 73.9 Å². The van der Waals surface area contributed by atoms with Crippen molar-refractivity contribution in [1.29, 1.82) is 0 Å². The number of benzene rings is 1. The van der Waals surface area contributed by atoms with E-state index in [0.29, 0.717) is 41.1 Å². The maximum Gasteiger partial charge on any atom is 0.258 e. The van der Waals surface area contributed by atoms with Gasteiger partial charge in [0.15, 0.2) is 0 Å². The molecular formula is C24H29ClN6O2. The van der Waals surface area contributed by atoms with Gasteiger partial charge < -0.3 is 9.42 Å². The van der Waals surface area contributed by atoms with E-state index < -0.39 is 0 Å². The minimum Gasteiger partial charge on any atom is -0.337 e. The maximum absolute atomic E-state index is 13.2. The Kier molecular flexibility index (Phi) is 6.21. The topological polar surface area (TPSA) is 80.3 Å². The lowest BCUT2D eigenvalue weighted by Gasteiger charge is -2.39.